The van der Waals surface area contributed by atoms with Gasteiger partial charge in [0.05, 0.1) is 0 Å². The molecule has 1 aromatic carbocycles. The molecule has 0 radical (unpaired) electrons. The Morgan fingerprint density at radius 1 is 1.07 bits per heavy atom. The summed E-state index contributed by atoms with van der Waals surface area (Å²) in [7, 11) is 0. The first kappa shape index (κ1) is 12.1. The standard InChI is InChI=1S/C11H16F2N2/c12-10-5-9(6-11(13)7-10)8-15-4-2-1-3-14/h5-7,15H,1-4,8,14H2. The van der Waals surface area contributed by atoms with E-state index in [-0.39, 0.29) is 0 Å². The molecule has 0 saturated carbocycles. The summed E-state index contributed by atoms with van der Waals surface area (Å²) >= 11 is 0. The zero-order valence-corrected chi connectivity index (χ0v) is 8.60. The molecule has 0 aliphatic rings. The quantitative estimate of drug-likeness (QED) is 0.708. The zero-order valence-electron chi connectivity index (χ0n) is 8.60. The van der Waals surface area contributed by atoms with E-state index in [4.69, 9.17) is 5.73 Å². The van der Waals surface area contributed by atoms with Crippen LogP contribution in [-0.2, 0) is 6.54 Å². The molecule has 1 rings (SSSR count). The third-order valence-electron chi connectivity index (χ3n) is 2.06. The van der Waals surface area contributed by atoms with E-state index in [2.05, 4.69) is 5.32 Å². The summed E-state index contributed by atoms with van der Waals surface area (Å²) in [4.78, 5) is 0. The second-order valence-electron chi connectivity index (χ2n) is 3.45. The molecule has 0 spiro atoms. The van der Waals surface area contributed by atoms with Crippen molar-refractivity contribution in [2.45, 2.75) is 19.4 Å². The Morgan fingerprint density at radius 3 is 2.33 bits per heavy atom. The SMILES string of the molecule is NCCCCNCc1cc(F)cc(F)c1. The van der Waals surface area contributed by atoms with Crippen LogP contribution in [0.5, 0.6) is 0 Å². The van der Waals surface area contributed by atoms with Gasteiger partial charge < -0.3 is 11.1 Å². The molecule has 3 N–H and O–H groups in total. The fourth-order valence-corrected chi connectivity index (χ4v) is 1.34. The molecule has 0 aromatic heterocycles. The minimum absolute atomic E-state index is 0.485. The smallest absolute Gasteiger partial charge is 0.126 e. The number of nitrogens with two attached hydrogens (primary N) is 1. The Balaban J connectivity index is 2.31. The molecule has 0 unspecified atom stereocenters. The van der Waals surface area contributed by atoms with E-state index in [1.54, 1.807) is 0 Å². The van der Waals surface area contributed by atoms with Crippen molar-refractivity contribution in [2.24, 2.45) is 5.73 Å². The Kier molecular flexibility index (Phi) is 5.21. The summed E-state index contributed by atoms with van der Waals surface area (Å²) in [5.74, 6) is -1.07. The lowest BCUT2D eigenvalue weighted by Crippen LogP contribution is -2.16. The average molecular weight is 214 g/mol. The summed E-state index contributed by atoms with van der Waals surface area (Å²) < 4.78 is 25.5. The van der Waals surface area contributed by atoms with Gasteiger partial charge in [0, 0.05) is 12.6 Å². The maximum atomic E-state index is 12.8. The second kappa shape index (κ2) is 6.48. The Labute approximate surface area is 88.5 Å². The number of hydrogen-bond donors (Lipinski definition) is 2. The topological polar surface area (TPSA) is 38.0 Å². The first-order chi connectivity index (χ1) is 7.22. The van der Waals surface area contributed by atoms with E-state index in [0.29, 0.717) is 18.7 Å². The largest absolute Gasteiger partial charge is 0.330 e. The number of halogens is 2. The maximum Gasteiger partial charge on any atom is 0.126 e. The Hall–Kier alpha value is -1.00. The molecular formula is C11H16F2N2. The van der Waals surface area contributed by atoms with Gasteiger partial charge in [-0.2, -0.15) is 0 Å². The predicted molar refractivity (Wildman–Crippen MR) is 56.4 cm³/mol. The lowest BCUT2D eigenvalue weighted by atomic mass is 10.2. The van der Waals surface area contributed by atoms with E-state index in [1.165, 1.54) is 12.1 Å². The van der Waals surface area contributed by atoms with E-state index < -0.39 is 11.6 Å². The molecule has 0 amide bonds. The summed E-state index contributed by atoms with van der Waals surface area (Å²) in [5, 5.41) is 3.10. The zero-order chi connectivity index (χ0) is 11.1. The maximum absolute atomic E-state index is 12.8. The second-order valence-corrected chi connectivity index (χ2v) is 3.45. The Morgan fingerprint density at radius 2 is 1.73 bits per heavy atom. The summed E-state index contributed by atoms with van der Waals surface area (Å²) in [6, 6.07) is 3.54. The molecule has 0 aliphatic carbocycles. The molecular weight excluding hydrogens is 198 g/mol. The molecule has 2 nitrogen and oxygen atoms in total. The van der Waals surface area contributed by atoms with Gasteiger partial charge in [0.2, 0.25) is 0 Å². The third kappa shape index (κ3) is 4.85. The van der Waals surface area contributed by atoms with Crippen molar-refractivity contribution in [3.05, 3.63) is 35.4 Å². The summed E-state index contributed by atoms with van der Waals surface area (Å²) in [6.07, 6.45) is 1.94. The number of rotatable bonds is 6. The fourth-order valence-electron chi connectivity index (χ4n) is 1.34. The molecule has 0 heterocycles. The highest BCUT2D eigenvalue weighted by molar-refractivity contribution is 5.17. The minimum Gasteiger partial charge on any atom is -0.330 e. The van der Waals surface area contributed by atoms with Gasteiger partial charge in [0.1, 0.15) is 11.6 Å². The van der Waals surface area contributed by atoms with Gasteiger partial charge in [-0.25, -0.2) is 8.78 Å². The number of hydrogen-bond acceptors (Lipinski definition) is 2. The van der Waals surface area contributed by atoms with Gasteiger partial charge in [0.25, 0.3) is 0 Å². The first-order valence-corrected chi connectivity index (χ1v) is 5.08. The molecule has 84 valence electrons. The molecule has 0 atom stereocenters. The Bertz CT molecular complexity index is 282. The van der Waals surface area contributed by atoms with Crippen LogP contribution in [0.2, 0.25) is 0 Å². The van der Waals surface area contributed by atoms with Crippen molar-refractivity contribution < 1.29 is 8.78 Å². The highest BCUT2D eigenvalue weighted by Gasteiger charge is 1.99. The van der Waals surface area contributed by atoms with Gasteiger partial charge in [-0.1, -0.05) is 0 Å². The van der Waals surface area contributed by atoms with Gasteiger partial charge in [0.15, 0.2) is 0 Å². The van der Waals surface area contributed by atoms with Crippen LogP contribution >= 0.6 is 0 Å². The van der Waals surface area contributed by atoms with Crippen molar-refractivity contribution in [1.82, 2.24) is 5.32 Å². The van der Waals surface area contributed by atoms with E-state index >= 15 is 0 Å². The fraction of sp³-hybridized carbons (Fsp3) is 0.455. The predicted octanol–water partition coefficient (Wildman–Crippen LogP) is 1.79. The number of benzene rings is 1. The molecule has 0 bridgehead atoms. The van der Waals surface area contributed by atoms with E-state index in [1.807, 2.05) is 0 Å². The van der Waals surface area contributed by atoms with Gasteiger partial charge in [-0.3, -0.25) is 0 Å². The van der Waals surface area contributed by atoms with Crippen LogP contribution in [0, 0.1) is 11.6 Å². The lowest BCUT2D eigenvalue weighted by Gasteiger charge is -2.04. The number of unbranched alkanes of at least 4 members (excludes halogenated alkanes) is 1. The van der Waals surface area contributed by atoms with Gasteiger partial charge >= 0.3 is 0 Å². The monoisotopic (exact) mass is 214 g/mol. The first-order valence-electron chi connectivity index (χ1n) is 5.08. The van der Waals surface area contributed by atoms with Crippen molar-refractivity contribution in [3.8, 4) is 0 Å². The van der Waals surface area contributed by atoms with Crippen molar-refractivity contribution in [1.29, 1.82) is 0 Å². The van der Waals surface area contributed by atoms with Gasteiger partial charge in [-0.15, -0.1) is 0 Å². The molecule has 1 aromatic rings. The van der Waals surface area contributed by atoms with Crippen molar-refractivity contribution in [3.63, 3.8) is 0 Å². The lowest BCUT2D eigenvalue weighted by molar-refractivity contribution is 0.572. The average Bonchev–Trinajstić information content (AvgIpc) is 2.16. The normalized spacial score (nSPS) is 10.6. The molecule has 0 fully saturated rings. The summed E-state index contributed by atoms with van der Waals surface area (Å²) in [6.45, 7) is 1.98. The summed E-state index contributed by atoms with van der Waals surface area (Å²) in [5.41, 5.74) is 5.96. The van der Waals surface area contributed by atoms with Crippen LogP contribution in [0.4, 0.5) is 8.78 Å². The minimum atomic E-state index is -0.534. The van der Waals surface area contributed by atoms with Crippen molar-refractivity contribution >= 4 is 0 Å². The van der Waals surface area contributed by atoms with Crippen LogP contribution in [0.3, 0.4) is 0 Å². The van der Waals surface area contributed by atoms with E-state index in [0.717, 1.165) is 25.5 Å². The van der Waals surface area contributed by atoms with Crippen LogP contribution in [0.1, 0.15) is 18.4 Å². The molecule has 0 aliphatic heterocycles. The van der Waals surface area contributed by atoms with Crippen LogP contribution in [-0.4, -0.2) is 13.1 Å². The molecule has 4 heteroatoms. The molecule has 0 saturated heterocycles. The van der Waals surface area contributed by atoms with Crippen LogP contribution in [0.25, 0.3) is 0 Å². The van der Waals surface area contributed by atoms with Crippen LogP contribution < -0.4 is 11.1 Å². The van der Waals surface area contributed by atoms with Gasteiger partial charge in [-0.05, 0) is 43.6 Å². The molecule has 15 heavy (non-hydrogen) atoms. The van der Waals surface area contributed by atoms with E-state index in [9.17, 15) is 8.78 Å². The third-order valence-corrected chi connectivity index (χ3v) is 2.06. The highest BCUT2D eigenvalue weighted by atomic mass is 19.1. The number of nitrogens with one attached hydrogen (secondary N) is 1. The highest BCUT2D eigenvalue weighted by Crippen LogP contribution is 2.07. The van der Waals surface area contributed by atoms with Crippen LogP contribution in [0.15, 0.2) is 18.2 Å². The van der Waals surface area contributed by atoms with Crippen molar-refractivity contribution in [2.75, 3.05) is 13.1 Å².